The number of benzene rings is 1. The highest BCUT2D eigenvalue weighted by atomic mass is 79.9. The SMILES string of the molecule is CCCNC(C)c1nnc(-c2ccccc2Br)s1. The average molecular weight is 326 g/mol. The van der Waals surface area contributed by atoms with E-state index >= 15 is 0 Å². The summed E-state index contributed by atoms with van der Waals surface area (Å²) in [7, 11) is 0. The molecule has 0 bridgehead atoms. The van der Waals surface area contributed by atoms with Gasteiger partial charge in [0.25, 0.3) is 0 Å². The van der Waals surface area contributed by atoms with Gasteiger partial charge in [0.2, 0.25) is 0 Å². The van der Waals surface area contributed by atoms with E-state index in [-0.39, 0.29) is 6.04 Å². The van der Waals surface area contributed by atoms with Gasteiger partial charge in [-0.25, -0.2) is 0 Å². The van der Waals surface area contributed by atoms with E-state index in [2.05, 4.69) is 51.4 Å². The van der Waals surface area contributed by atoms with Crippen LogP contribution in [-0.2, 0) is 0 Å². The first-order chi connectivity index (χ1) is 8.72. The van der Waals surface area contributed by atoms with Crippen LogP contribution in [0.3, 0.4) is 0 Å². The summed E-state index contributed by atoms with van der Waals surface area (Å²) in [5.74, 6) is 0. The first-order valence-corrected chi connectivity index (χ1v) is 7.65. The van der Waals surface area contributed by atoms with Crippen molar-refractivity contribution in [3.63, 3.8) is 0 Å². The molecular weight excluding hydrogens is 310 g/mol. The van der Waals surface area contributed by atoms with Crippen molar-refractivity contribution in [2.75, 3.05) is 6.54 Å². The molecular formula is C13H16BrN3S. The van der Waals surface area contributed by atoms with Crippen LogP contribution in [0.4, 0.5) is 0 Å². The molecule has 1 heterocycles. The van der Waals surface area contributed by atoms with Gasteiger partial charge in [-0.05, 0) is 26.0 Å². The number of hydrogen-bond acceptors (Lipinski definition) is 4. The molecule has 0 aliphatic carbocycles. The molecule has 0 aliphatic rings. The van der Waals surface area contributed by atoms with Gasteiger partial charge in [0.15, 0.2) is 0 Å². The lowest BCUT2D eigenvalue weighted by Gasteiger charge is -2.08. The molecule has 3 nitrogen and oxygen atoms in total. The number of hydrogen-bond donors (Lipinski definition) is 1. The molecule has 2 aromatic rings. The minimum absolute atomic E-state index is 0.263. The highest BCUT2D eigenvalue weighted by Gasteiger charge is 2.13. The summed E-state index contributed by atoms with van der Waals surface area (Å²) in [6.45, 7) is 5.29. The van der Waals surface area contributed by atoms with Gasteiger partial charge in [-0.2, -0.15) is 0 Å². The largest absolute Gasteiger partial charge is 0.308 e. The lowest BCUT2D eigenvalue weighted by molar-refractivity contribution is 0.564. The van der Waals surface area contributed by atoms with Gasteiger partial charge in [-0.1, -0.05) is 52.4 Å². The molecule has 18 heavy (non-hydrogen) atoms. The van der Waals surface area contributed by atoms with E-state index in [0.29, 0.717) is 0 Å². The van der Waals surface area contributed by atoms with E-state index in [9.17, 15) is 0 Å². The van der Waals surface area contributed by atoms with Gasteiger partial charge in [0.05, 0.1) is 6.04 Å². The van der Waals surface area contributed by atoms with Gasteiger partial charge in [-0.15, -0.1) is 10.2 Å². The van der Waals surface area contributed by atoms with E-state index < -0.39 is 0 Å². The number of halogens is 1. The van der Waals surface area contributed by atoms with Crippen molar-refractivity contribution in [1.29, 1.82) is 0 Å². The van der Waals surface area contributed by atoms with Crippen molar-refractivity contribution in [1.82, 2.24) is 15.5 Å². The molecule has 0 spiro atoms. The molecule has 1 atom stereocenters. The van der Waals surface area contributed by atoms with Crippen molar-refractivity contribution in [3.8, 4) is 10.6 Å². The third kappa shape index (κ3) is 3.16. The Balaban J connectivity index is 2.18. The van der Waals surface area contributed by atoms with Crippen molar-refractivity contribution < 1.29 is 0 Å². The van der Waals surface area contributed by atoms with Crippen LogP contribution in [0.25, 0.3) is 10.6 Å². The maximum atomic E-state index is 4.27. The van der Waals surface area contributed by atoms with Crippen LogP contribution in [0.15, 0.2) is 28.7 Å². The first kappa shape index (κ1) is 13.6. The number of nitrogens with zero attached hydrogens (tertiary/aromatic N) is 2. The van der Waals surface area contributed by atoms with Crippen molar-refractivity contribution in [2.24, 2.45) is 0 Å². The number of rotatable bonds is 5. The van der Waals surface area contributed by atoms with Crippen LogP contribution in [-0.4, -0.2) is 16.7 Å². The molecule has 1 aromatic heterocycles. The third-order valence-corrected chi connectivity index (χ3v) is 4.45. The van der Waals surface area contributed by atoms with Gasteiger partial charge < -0.3 is 5.32 Å². The molecule has 0 amide bonds. The molecule has 1 N–H and O–H groups in total. The Labute approximate surface area is 120 Å². The molecule has 2 rings (SSSR count). The maximum Gasteiger partial charge on any atom is 0.148 e. The molecule has 1 aromatic carbocycles. The lowest BCUT2D eigenvalue weighted by Crippen LogP contribution is -2.18. The highest BCUT2D eigenvalue weighted by Crippen LogP contribution is 2.31. The summed E-state index contributed by atoms with van der Waals surface area (Å²) in [6, 6.07) is 8.35. The van der Waals surface area contributed by atoms with E-state index in [4.69, 9.17) is 0 Å². The molecule has 5 heteroatoms. The summed E-state index contributed by atoms with van der Waals surface area (Å²) >= 11 is 5.19. The van der Waals surface area contributed by atoms with E-state index in [1.807, 2.05) is 18.2 Å². The van der Waals surface area contributed by atoms with Crippen LogP contribution in [0.5, 0.6) is 0 Å². The topological polar surface area (TPSA) is 37.8 Å². The number of aromatic nitrogens is 2. The quantitative estimate of drug-likeness (QED) is 0.901. The predicted molar refractivity (Wildman–Crippen MR) is 79.8 cm³/mol. The first-order valence-electron chi connectivity index (χ1n) is 6.04. The van der Waals surface area contributed by atoms with Crippen LogP contribution in [0, 0.1) is 0 Å². The van der Waals surface area contributed by atoms with E-state index in [0.717, 1.165) is 33.0 Å². The summed E-state index contributed by atoms with van der Waals surface area (Å²) in [6.07, 6.45) is 1.13. The van der Waals surface area contributed by atoms with Crippen LogP contribution in [0.2, 0.25) is 0 Å². The fourth-order valence-corrected chi connectivity index (χ4v) is 3.11. The Bertz CT molecular complexity index is 512. The van der Waals surface area contributed by atoms with Gasteiger partial charge in [-0.3, -0.25) is 0 Å². The molecule has 0 fully saturated rings. The molecule has 96 valence electrons. The predicted octanol–water partition coefficient (Wildman–Crippen LogP) is 4.03. The van der Waals surface area contributed by atoms with E-state index in [1.165, 1.54) is 0 Å². The summed E-state index contributed by atoms with van der Waals surface area (Å²) in [4.78, 5) is 0. The monoisotopic (exact) mass is 325 g/mol. The Kier molecular flexibility index (Phi) is 4.86. The van der Waals surface area contributed by atoms with Crippen molar-refractivity contribution in [3.05, 3.63) is 33.7 Å². The van der Waals surface area contributed by atoms with Crippen LogP contribution < -0.4 is 5.32 Å². The van der Waals surface area contributed by atoms with Crippen LogP contribution >= 0.6 is 27.3 Å². The third-order valence-electron chi connectivity index (χ3n) is 2.62. The highest BCUT2D eigenvalue weighted by molar-refractivity contribution is 9.10. The smallest absolute Gasteiger partial charge is 0.148 e. The molecule has 0 radical (unpaired) electrons. The van der Waals surface area contributed by atoms with Gasteiger partial charge in [0.1, 0.15) is 10.0 Å². The Morgan fingerprint density at radius 2 is 2.11 bits per heavy atom. The Hall–Kier alpha value is -0.780. The summed E-state index contributed by atoms with van der Waals surface area (Å²) in [5.41, 5.74) is 1.10. The molecule has 0 aliphatic heterocycles. The second-order valence-electron chi connectivity index (χ2n) is 4.10. The van der Waals surface area contributed by atoms with Crippen LogP contribution in [0.1, 0.15) is 31.3 Å². The minimum Gasteiger partial charge on any atom is -0.308 e. The normalized spacial score (nSPS) is 12.6. The number of nitrogens with one attached hydrogen (secondary N) is 1. The Morgan fingerprint density at radius 1 is 1.33 bits per heavy atom. The fraction of sp³-hybridized carbons (Fsp3) is 0.385. The minimum atomic E-state index is 0.263. The van der Waals surface area contributed by atoms with Gasteiger partial charge >= 0.3 is 0 Å². The van der Waals surface area contributed by atoms with Crippen molar-refractivity contribution >= 4 is 27.3 Å². The standard InChI is InChI=1S/C13H16BrN3S/c1-3-8-15-9(2)12-16-17-13(18-12)10-6-4-5-7-11(10)14/h4-7,9,15H,3,8H2,1-2H3. The zero-order valence-electron chi connectivity index (χ0n) is 10.5. The molecule has 0 saturated heterocycles. The summed E-state index contributed by atoms with van der Waals surface area (Å²) in [5, 5.41) is 14.0. The molecule has 0 saturated carbocycles. The second kappa shape index (κ2) is 6.41. The van der Waals surface area contributed by atoms with Gasteiger partial charge in [0, 0.05) is 10.0 Å². The zero-order valence-corrected chi connectivity index (χ0v) is 12.9. The second-order valence-corrected chi connectivity index (χ2v) is 5.96. The lowest BCUT2D eigenvalue weighted by atomic mass is 10.2. The fourth-order valence-electron chi connectivity index (χ4n) is 1.60. The van der Waals surface area contributed by atoms with Crippen molar-refractivity contribution in [2.45, 2.75) is 26.3 Å². The zero-order chi connectivity index (χ0) is 13.0. The molecule has 1 unspecified atom stereocenters. The van der Waals surface area contributed by atoms with E-state index in [1.54, 1.807) is 11.3 Å². The maximum absolute atomic E-state index is 4.27. The average Bonchev–Trinajstić information content (AvgIpc) is 2.86. The Morgan fingerprint density at radius 3 is 2.83 bits per heavy atom. The summed E-state index contributed by atoms with van der Waals surface area (Å²) < 4.78 is 1.06.